The van der Waals surface area contributed by atoms with Crippen LogP contribution in [0.25, 0.3) is 10.9 Å². The van der Waals surface area contributed by atoms with E-state index in [0.717, 1.165) is 32.5 Å². The van der Waals surface area contributed by atoms with Gasteiger partial charge in [0.15, 0.2) is 0 Å². The van der Waals surface area contributed by atoms with Crippen LogP contribution >= 0.6 is 0 Å². The van der Waals surface area contributed by atoms with Crippen LogP contribution in [0.2, 0.25) is 0 Å². The van der Waals surface area contributed by atoms with Gasteiger partial charge in [0, 0.05) is 25.7 Å². The fourth-order valence-corrected chi connectivity index (χ4v) is 2.57. The molecule has 0 atom stereocenters. The number of fused-ring (bicyclic) bond motifs is 1. The lowest BCUT2D eigenvalue weighted by molar-refractivity contribution is -0.140. The molecule has 0 amide bonds. The van der Waals surface area contributed by atoms with Crippen LogP contribution in [0, 0.1) is 0 Å². The van der Waals surface area contributed by atoms with Crippen molar-refractivity contribution in [2.24, 2.45) is 0 Å². The molecule has 0 saturated heterocycles. The van der Waals surface area contributed by atoms with Crippen molar-refractivity contribution in [3.8, 4) is 0 Å². The minimum atomic E-state index is -0.142. The third-order valence-electron chi connectivity index (χ3n) is 3.62. The lowest BCUT2D eigenvalue weighted by Gasteiger charge is -2.10. The van der Waals surface area contributed by atoms with Gasteiger partial charge in [0.25, 0.3) is 0 Å². The SMILES string of the molecule is CCCNCc1cccc2ccn(CCCC(=O)OC)c12. The van der Waals surface area contributed by atoms with Gasteiger partial charge >= 0.3 is 5.97 Å². The molecule has 1 aromatic heterocycles. The number of rotatable bonds is 8. The third kappa shape index (κ3) is 4.08. The third-order valence-corrected chi connectivity index (χ3v) is 3.62. The zero-order valence-electron chi connectivity index (χ0n) is 12.9. The van der Waals surface area contributed by atoms with E-state index in [4.69, 9.17) is 0 Å². The molecule has 0 aliphatic rings. The van der Waals surface area contributed by atoms with Crippen molar-refractivity contribution in [1.29, 1.82) is 0 Å². The summed E-state index contributed by atoms with van der Waals surface area (Å²) in [7, 11) is 1.44. The van der Waals surface area contributed by atoms with Gasteiger partial charge in [-0.2, -0.15) is 0 Å². The van der Waals surface area contributed by atoms with Crippen LogP contribution in [-0.2, 0) is 22.6 Å². The van der Waals surface area contributed by atoms with Crippen molar-refractivity contribution >= 4 is 16.9 Å². The minimum Gasteiger partial charge on any atom is -0.469 e. The Labute approximate surface area is 126 Å². The topological polar surface area (TPSA) is 43.3 Å². The Bertz CT molecular complexity index is 589. The number of benzene rings is 1. The summed E-state index contributed by atoms with van der Waals surface area (Å²) >= 11 is 0. The molecule has 0 spiro atoms. The molecule has 0 aliphatic heterocycles. The number of aryl methyl sites for hydroxylation is 1. The molecule has 114 valence electrons. The number of para-hydroxylation sites is 1. The molecule has 21 heavy (non-hydrogen) atoms. The van der Waals surface area contributed by atoms with E-state index in [1.54, 1.807) is 0 Å². The number of methoxy groups -OCH3 is 1. The van der Waals surface area contributed by atoms with E-state index in [1.165, 1.54) is 23.6 Å². The molecule has 1 aromatic carbocycles. The Morgan fingerprint density at radius 2 is 2.19 bits per heavy atom. The first-order valence-corrected chi connectivity index (χ1v) is 7.60. The second-order valence-corrected chi connectivity index (χ2v) is 5.22. The highest BCUT2D eigenvalue weighted by molar-refractivity contribution is 5.83. The quantitative estimate of drug-likeness (QED) is 0.599. The molecule has 0 fully saturated rings. The summed E-state index contributed by atoms with van der Waals surface area (Å²) in [6, 6.07) is 8.54. The van der Waals surface area contributed by atoms with E-state index < -0.39 is 0 Å². The van der Waals surface area contributed by atoms with Crippen LogP contribution in [0.4, 0.5) is 0 Å². The van der Waals surface area contributed by atoms with Crippen LogP contribution in [0.5, 0.6) is 0 Å². The number of hydrogen-bond donors (Lipinski definition) is 1. The fraction of sp³-hybridized carbons (Fsp3) is 0.471. The number of hydrogen-bond acceptors (Lipinski definition) is 3. The van der Waals surface area contributed by atoms with Gasteiger partial charge in [-0.1, -0.05) is 25.1 Å². The first-order valence-electron chi connectivity index (χ1n) is 7.60. The van der Waals surface area contributed by atoms with Gasteiger partial charge in [-0.3, -0.25) is 4.79 Å². The van der Waals surface area contributed by atoms with Gasteiger partial charge in [0.2, 0.25) is 0 Å². The number of ether oxygens (including phenoxy) is 1. The minimum absolute atomic E-state index is 0.142. The molecule has 0 bridgehead atoms. The Balaban J connectivity index is 2.10. The maximum Gasteiger partial charge on any atom is 0.305 e. The Kier molecular flexibility index (Phi) is 5.81. The maximum atomic E-state index is 11.2. The molecule has 2 aromatic rings. The van der Waals surface area contributed by atoms with E-state index in [-0.39, 0.29) is 5.97 Å². The van der Waals surface area contributed by atoms with Crippen molar-refractivity contribution in [2.75, 3.05) is 13.7 Å². The second-order valence-electron chi connectivity index (χ2n) is 5.22. The van der Waals surface area contributed by atoms with Crippen molar-refractivity contribution in [1.82, 2.24) is 9.88 Å². The van der Waals surface area contributed by atoms with E-state index in [2.05, 4.69) is 52.0 Å². The summed E-state index contributed by atoms with van der Waals surface area (Å²) in [4.78, 5) is 11.2. The first kappa shape index (κ1) is 15.6. The van der Waals surface area contributed by atoms with Gasteiger partial charge in [0.1, 0.15) is 0 Å². The number of carbonyl (C=O) groups is 1. The Morgan fingerprint density at radius 3 is 2.95 bits per heavy atom. The Morgan fingerprint density at radius 1 is 1.33 bits per heavy atom. The summed E-state index contributed by atoms with van der Waals surface area (Å²) < 4.78 is 6.93. The predicted molar refractivity (Wildman–Crippen MR) is 85.2 cm³/mol. The zero-order valence-corrected chi connectivity index (χ0v) is 12.9. The van der Waals surface area contributed by atoms with Gasteiger partial charge in [-0.25, -0.2) is 0 Å². The average Bonchev–Trinajstić information content (AvgIpc) is 2.91. The molecular formula is C17H24N2O2. The summed E-state index contributed by atoms with van der Waals surface area (Å²) in [6.45, 7) is 4.91. The largest absolute Gasteiger partial charge is 0.469 e. The number of nitrogens with one attached hydrogen (secondary N) is 1. The number of nitrogens with zero attached hydrogens (tertiary/aromatic N) is 1. The van der Waals surface area contributed by atoms with Gasteiger partial charge in [0.05, 0.1) is 12.6 Å². The first-order chi connectivity index (χ1) is 10.3. The van der Waals surface area contributed by atoms with Crippen LogP contribution in [0.15, 0.2) is 30.5 Å². The monoisotopic (exact) mass is 288 g/mol. The van der Waals surface area contributed by atoms with Gasteiger partial charge < -0.3 is 14.6 Å². The van der Waals surface area contributed by atoms with Crippen molar-refractivity contribution in [2.45, 2.75) is 39.3 Å². The molecule has 1 N–H and O–H groups in total. The van der Waals surface area contributed by atoms with Crippen LogP contribution < -0.4 is 5.32 Å². The summed E-state index contributed by atoms with van der Waals surface area (Å²) in [5.74, 6) is -0.142. The van der Waals surface area contributed by atoms with E-state index >= 15 is 0 Å². The van der Waals surface area contributed by atoms with Crippen molar-refractivity contribution in [3.63, 3.8) is 0 Å². The highest BCUT2D eigenvalue weighted by Crippen LogP contribution is 2.21. The standard InChI is InChI=1S/C17H24N2O2/c1-3-10-18-13-15-7-4-6-14-9-12-19(17(14)15)11-5-8-16(20)21-2/h4,6-7,9,12,18H,3,5,8,10-11,13H2,1-2H3. The summed E-state index contributed by atoms with van der Waals surface area (Å²) in [6.07, 6.45) is 4.50. The van der Waals surface area contributed by atoms with E-state index in [1.807, 2.05) is 0 Å². The predicted octanol–water partition coefficient (Wildman–Crippen LogP) is 3.09. The van der Waals surface area contributed by atoms with Gasteiger partial charge in [-0.05, 0) is 36.4 Å². The van der Waals surface area contributed by atoms with E-state index in [0.29, 0.717) is 6.42 Å². The smallest absolute Gasteiger partial charge is 0.305 e. The van der Waals surface area contributed by atoms with Crippen molar-refractivity contribution < 1.29 is 9.53 Å². The average molecular weight is 288 g/mol. The molecule has 4 heteroatoms. The fourth-order valence-electron chi connectivity index (χ4n) is 2.57. The van der Waals surface area contributed by atoms with Gasteiger partial charge in [-0.15, -0.1) is 0 Å². The van der Waals surface area contributed by atoms with E-state index in [9.17, 15) is 4.79 Å². The molecule has 1 heterocycles. The molecule has 0 radical (unpaired) electrons. The number of esters is 1. The van der Waals surface area contributed by atoms with Crippen LogP contribution in [0.1, 0.15) is 31.7 Å². The molecule has 4 nitrogen and oxygen atoms in total. The molecule has 0 aliphatic carbocycles. The highest BCUT2D eigenvalue weighted by atomic mass is 16.5. The normalized spacial score (nSPS) is 11.0. The highest BCUT2D eigenvalue weighted by Gasteiger charge is 2.07. The van der Waals surface area contributed by atoms with Crippen LogP contribution in [-0.4, -0.2) is 24.2 Å². The van der Waals surface area contributed by atoms with Crippen LogP contribution in [0.3, 0.4) is 0 Å². The summed E-state index contributed by atoms with van der Waals surface area (Å²) in [5.41, 5.74) is 2.58. The number of aromatic nitrogens is 1. The van der Waals surface area contributed by atoms with Crippen molar-refractivity contribution in [3.05, 3.63) is 36.0 Å². The maximum absolute atomic E-state index is 11.2. The summed E-state index contributed by atoms with van der Waals surface area (Å²) in [5, 5.41) is 4.71. The number of carbonyl (C=O) groups excluding carboxylic acids is 1. The molecule has 0 saturated carbocycles. The lowest BCUT2D eigenvalue weighted by atomic mass is 10.1. The zero-order chi connectivity index (χ0) is 15.1. The molecule has 0 unspecified atom stereocenters. The second kappa shape index (κ2) is 7.84. The molecular weight excluding hydrogens is 264 g/mol. The Hall–Kier alpha value is -1.81. The molecule has 2 rings (SSSR count). The lowest BCUT2D eigenvalue weighted by Crippen LogP contribution is -2.14.